The third kappa shape index (κ3) is 2.62. The van der Waals surface area contributed by atoms with Crippen LogP contribution < -0.4 is 5.56 Å². The topological polar surface area (TPSA) is 81.4 Å². The summed E-state index contributed by atoms with van der Waals surface area (Å²) in [6.45, 7) is 0.385. The Kier molecular flexibility index (Phi) is 3.87. The summed E-state index contributed by atoms with van der Waals surface area (Å²) in [6, 6.07) is 8.43. The maximum atomic E-state index is 13.1. The third-order valence-electron chi connectivity index (χ3n) is 5.45. The average molecular weight is 433 g/mol. The lowest BCUT2D eigenvalue weighted by Gasteiger charge is -2.04. The average Bonchev–Trinajstić information content (AvgIpc) is 3.52. The Labute approximate surface area is 178 Å². The van der Waals surface area contributed by atoms with Crippen LogP contribution in [0.15, 0.2) is 52.3 Å². The largest absolute Gasteiger partial charge is 0.338 e. The summed E-state index contributed by atoms with van der Waals surface area (Å²) in [4.78, 5) is 18.6. The van der Waals surface area contributed by atoms with Gasteiger partial charge in [-0.3, -0.25) is 9.89 Å². The predicted octanol–water partition coefficient (Wildman–Crippen LogP) is 3.92. The van der Waals surface area contributed by atoms with Crippen molar-refractivity contribution in [3.05, 3.63) is 74.0 Å². The van der Waals surface area contributed by atoms with E-state index in [1.807, 2.05) is 23.2 Å². The van der Waals surface area contributed by atoms with Crippen LogP contribution in [0.3, 0.4) is 0 Å². The molecule has 6 aromatic rings. The number of aryl methyl sites for hydroxylation is 1. The fourth-order valence-electron chi connectivity index (χ4n) is 4.00. The fourth-order valence-corrected chi connectivity index (χ4v) is 5.77. The molecular weight excluding hydrogens is 416 g/mol. The van der Waals surface area contributed by atoms with E-state index >= 15 is 0 Å². The van der Waals surface area contributed by atoms with Gasteiger partial charge in [0.15, 0.2) is 0 Å². The SMILES string of the molecule is Cn1c2cc(Cc3cccc4cn[nH]c34)sc2c2cnn(Cc3cscn3)c(=O)c21. The molecule has 1 aromatic carbocycles. The third-order valence-corrected chi connectivity index (χ3v) is 7.24. The molecular formula is C21H16N6OS2. The van der Waals surface area contributed by atoms with Gasteiger partial charge in [0.25, 0.3) is 5.56 Å². The molecule has 0 aliphatic carbocycles. The van der Waals surface area contributed by atoms with Crippen LogP contribution in [0.5, 0.6) is 0 Å². The van der Waals surface area contributed by atoms with Crippen molar-refractivity contribution in [2.24, 2.45) is 7.05 Å². The van der Waals surface area contributed by atoms with Crippen molar-refractivity contribution in [1.82, 2.24) is 29.5 Å². The maximum absolute atomic E-state index is 13.1. The number of thiophene rings is 1. The lowest BCUT2D eigenvalue weighted by Crippen LogP contribution is -2.24. The summed E-state index contributed by atoms with van der Waals surface area (Å²) in [7, 11) is 1.95. The summed E-state index contributed by atoms with van der Waals surface area (Å²) in [6.07, 6.45) is 4.47. The predicted molar refractivity (Wildman–Crippen MR) is 120 cm³/mol. The minimum atomic E-state index is -0.0878. The van der Waals surface area contributed by atoms with Crippen LogP contribution in [-0.2, 0) is 20.0 Å². The first kappa shape index (κ1) is 17.5. The van der Waals surface area contributed by atoms with E-state index in [1.54, 1.807) is 23.0 Å². The van der Waals surface area contributed by atoms with Gasteiger partial charge < -0.3 is 4.57 Å². The number of fused-ring (bicyclic) bond motifs is 4. The Morgan fingerprint density at radius 3 is 3.03 bits per heavy atom. The molecule has 0 fully saturated rings. The zero-order valence-electron chi connectivity index (χ0n) is 16.0. The molecule has 0 unspecified atom stereocenters. The van der Waals surface area contributed by atoms with Gasteiger partial charge in [-0.1, -0.05) is 18.2 Å². The number of hydrogen-bond donors (Lipinski definition) is 1. The highest BCUT2D eigenvalue weighted by molar-refractivity contribution is 7.20. The lowest BCUT2D eigenvalue weighted by atomic mass is 10.1. The van der Waals surface area contributed by atoms with E-state index in [0.29, 0.717) is 12.1 Å². The Morgan fingerprint density at radius 1 is 1.23 bits per heavy atom. The van der Waals surface area contributed by atoms with Crippen LogP contribution in [0.25, 0.3) is 32.0 Å². The van der Waals surface area contributed by atoms with Crippen molar-refractivity contribution < 1.29 is 0 Å². The zero-order chi connectivity index (χ0) is 20.2. The van der Waals surface area contributed by atoms with E-state index in [1.165, 1.54) is 26.5 Å². The van der Waals surface area contributed by atoms with E-state index in [-0.39, 0.29) is 5.56 Å². The summed E-state index contributed by atoms with van der Waals surface area (Å²) in [5.41, 5.74) is 6.56. The van der Waals surface area contributed by atoms with Gasteiger partial charge in [0.1, 0.15) is 5.52 Å². The summed E-state index contributed by atoms with van der Waals surface area (Å²) < 4.78 is 4.58. The van der Waals surface area contributed by atoms with Gasteiger partial charge in [-0.25, -0.2) is 9.67 Å². The van der Waals surface area contributed by atoms with Crippen LogP contribution in [0.2, 0.25) is 0 Å². The monoisotopic (exact) mass is 432 g/mol. The lowest BCUT2D eigenvalue weighted by molar-refractivity contribution is 0.635. The molecule has 148 valence electrons. The van der Waals surface area contributed by atoms with E-state index in [9.17, 15) is 4.79 Å². The summed E-state index contributed by atoms with van der Waals surface area (Å²) in [5, 5.41) is 15.6. The number of H-pyrrole nitrogens is 1. The van der Waals surface area contributed by atoms with Crippen molar-refractivity contribution >= 4 is 54.7 Å². The van der Waals surface area contributed by atoms with E-state index in [0.717, 1.165) is 38.6 Å². The highest BCUT2D eigenvalue weighted by Gasteiger charge is 2.18. The second-order valence-electron chi connectivity index (χ2n) is 7.26. The molecule has 30 heavy (non-hydrogen) atoms. The highest BCUT2D eigenvalue weighted by atomic mass is 32.1. The molecule has 0 aliphatic rings. The first-order chi connectivity index (χ1) is 14.7. The van der Waals surface area contributed by atoms with Crippen molar-refractivity contribution in [3.63, 3.8) is 0 Å². The molecule has 0 spiro atoms. The maximum Gasteiger partial charge on any atom is 0.291 e. The Balaban J connectivity index is 1.44. The first-order valence-electron chi connectivity index (χ1n) is 9.44. The minimum Gasteiger partial charge on any atom is -0.338 e. The number of nitrogens with zero attached hydrogens (tertiary/aromatic N) is 5. The number of nitrogens with one attached hydrogen (secondary N) is 1. The number of rotatable bonds is 4. The van der Waals surface area contributed by atoms with Crippen molar-refractivity contribution in [2.45, 2.75) is 13.0 Å². The number of aromatic amines is 1. The molecule has 0 amide bonds. The van der Waals surface area contributed by atoms with Gasteiger partial charge in [-0.15, -0.1) is 22.7 Å². The molecule has 5 heterocycles. The Morgan fingerprint density at radius 2 is 2.17 bits per heavy atom. The molecule has 0 bridgehead atoms. The fraction of sp³-hybridized carbons (Fsp3) is 0.143. The number of para-hydroxylation sites is 1. The first-order valence-corrected chi connectivity index (χ1v) is 11.2. The van der Waals surface area contributed by atoms with Crippen LogP contribution in [-0.4, -0.2) is 29.5 Å². The highest BCUT2D eigenvalue weighted by Crippen LogP contribution is 2.34. The number of aromatic nitrogens is 6. The minimum absolute atomic E-state index is 0.0878. The van der Waals surface area contributed by atoms with Crippen LogP contribution in [0.1, 0.15) is 16.1 Å². The molecule has 0 radical (unpaired) electrons. The number of hydrogen-bond acceptors (Lipinski definition) is 6. The number of thiazole rings is 1. The van der Waals surface area contributed by atoms with Gasteiger partial charge in [0, 0.05) is 34.5 Å². The van der Waals surface area contributed by atoms with Crippen LogP contribution in [0.4, 0.5) is 0 Å². The second-order valence-corrected chi connectivity index (χ2v) is 9.12. The molecule has 0 atom stereocenters. The Bertz CT molecular complexity index is 1580. The van der Waals surface area contributed by atoms with Gasteiger partial charge >= 0.3 is 0 Å². The van der Waals surface area contributed by atoms with Gasteiger partial charge in [0.05, 0.1) is 45.9 Å². The second kappa shape index (κ2) is 6.61. The van der Waals surface area contributed by atoms with Crippen LogP contribution in [0, 0.1) is 0 Å². The molecule has 0 saturated heterocycles. The molecule has 6 rings (SSSR count). The molecule has 7 nitrogen and oxygen atoms in total. The quantitative estimate of drug-likeness (QED) is 0.458. The standard InChI is InChI=1S/C21H16N6OS2/c1-26-17-6-15(5-12-3-2-4-13-7-23-25-18(12)13)30-20(17)16-8-24-27(21(28)19(16)26)9-14-10-29-11-22-14/h2-4,6-8,10-11H,5,9H2,1H3,(H,23,25). The van der Waals surface area contributed by atoms with E-state index < -0.39 is 0 Å². The molecule has 1 N–H and O–H groups in total. The summed E-state index contributed by atoms with van der Waals surface area (Å²) >= 11 is 3.24. The molecule has 0 aliphatic heterocycles. The van der Waals surface area contributed by atoms with Crippen molar-refractivity contribution in [1.29, 1.82) is 0 Å². The van der Waals surface area contributed by atoms with Crippen LogP contribution >= 0.6 is 22.7 Å². The number of benzene rings is 1. The van der Waals surface area contributed by atoms with Crippen molar-refractivity contribution in [2.75, 3.05) is 0 Å². The van der Waals surface area contributed by atoms with Gasteiger partial charge in [0.2, 0.25) is 0 Å². The Hall–Kier alpha value is -3.30. The molecule has 0 saturated carbocycles. The normalized spacial score (nSPS) is 11.9. The van der Waals surface area contributed by atoms with E-state index in [4.69, 9.17) is 0 Å². The summed E-state index contributed by atoms with van der Waals surface area (Å²) in [5.74, 6) is 0. The van der Waals surface area contributed by atoms with Crippen molar-refractivity contribution in [3.8, 4) is 0 Å². The van der Waals surface area contributed by atoms with Gasteiger partial charge in [-0.05, 0) is 11.6 Å². The smallest absolute Gasteiger partial charge is 0.291 e. The molecule has 5 aromatic heterocycles. The zero-order valence-corrected chi connectivity index (χ0v) is 17.6. The molecule has 9 heteroatoms. The van der Waals surface area contributed by atoms with E-state index in [2.05, 4.69) is 44.5 Å². The van der Waals surface area contributed by atoms with Gasteiger partial charge in [-0.2, -0.15) is 10.2 Å².